The van der Waals surface area contributed by atoms with Gasteiger partial charge in [0.2, 0.25) is 5.91 Å². The zero-order valence-corrected chi connectivity index (χ0v) is 39.2. The van der Waals surface area contributed by atoms with Gasteiger partial charge in [-0.15, -0.1) is 0 Å². The molecular formula is C50H97NO10. The van der Waals surface area contributed by atoms with Gasteiger partial charge in [0.1, 0.15) is 36.6 Å². The van der Waals surface area contributed by atoms with Gasteiger partial charge in [-0.1, -0.05) is 206 Å². The SMILES string of the molecule is CCCCCCCCCCCCCC/C=C\CCCCCCCCCCCCCCCC(O)C(=O)NC(COC1OC(CO)C(O)C(O)C1O)C(O)C(O)CCCCCCC. The van der Waals surface area contributed by atoms with E-state index in [1.165, 1.54) is 148 Å². The van der Waals surface area contributed by atoms with Crippen LogP contribution < -0.4 is 5.32 Å². The van der Waals surface area contributed by atoms with E-state index in [0.29, 0.717) is 19.3 Å². The number of amides is 1. The van der Waals surface area contributed by atoms with Gasteiger partial charge in [-0.25, -0.2) is 0 Å². The second-order valence-corrected chi connectivity index (χ2v) is 18.2. The molecule has 0 saturated carbocycles. The molecule has 1 amide bonds. The monoisotopic (exact) mass is 872 g/mol. The lowest BCUT2D eigenvalue weighted by atomic mass is 9.98. The molecule has 0 aromatic heterocycles. The summed E-state index contributed by atoms with van der Waals surface area (Å²) >= 11 is 0. The van der Waals surface area contributed by atoms with E-state index in [4.69, 9.17) is 9.47 Å². The van der Waals surface area contributed by atoms with E-state index in [9.17, 15) is 40.5 Å². The van der Waals surface area contributed by atoms with E-state index in [0.717, 1.165) is 44.9 Å². The summed E-state index contributed by atoms with van der Waals surface area (Å²) in [4.78, 5) is 13.0. The second kappa shape index (κ2) is 40.4. The number of carbonyl (C=O) groups excluding carboxylic acids is 1. The molecule has 0 aliphatic carbocycles. The van der Waals surface area contributed by atoms with Crippen molar-refractivity contribution in [3.8, 4) is 0 Å². The van der Waals surface area contributed by atoms with E-state index < -0.39 is 74.2 Å². The van der Waals surface area contributed by atoms with Gasteiger partial charge in [-0.2, -0.15) is 0 Å². The molecule has 0 spiro atoms. The molecule has 362 valence electrons. The highest BCUT2D eigenvalue weighted by atomic mass is 16.7. The lowest BCUT2D eigenvalue weighted by Gasteiger charge is -2.40. The topological polar surface area (TPSA) is 189 Å². The van der Waals surface area contributed by atoms with E-state index in [1.807, 2.05) is 0 Å². The average Bonchev–Trinajstić information content (AvgIpc) is 3.26. The van der Waals surface area contributed by atoms with Crippen molar-refractivity contribution in [2.75, 3.05) is 13.2 Å². The van der Waals surface area contributed by atoms with E-state index >= 15 is 0 Å². The number of hydrogen-bond acceptors (Lipinski definition) is 10. The minimum Gasteiger partial charge on any atom is -0.394 e. The molecule has 1 fully saturated rings. The first-order valence-electron chi connectivity index (χ1n) is 25.6. The van der Waals surface area contributed by atoms with Crippen LogP contribution in [0.2, 0.25) is 0 Å². The highest BCUT2D eigenvalue weighted by Gasteiger charge is 2.44. The molecular weight excluding hydrogens is 775 g/mol. The van der Waals surface area contributed by atoms with Crippen LogP contribution >= 0.6 is 0 Å². The molecule has 9 unspecified atom stereocenters. The van der Waals surface area contributed by atoms with E-state index in [-0.39, 0.29) is 6.42 Å². The summed E-state index contributed by atoms with van der Waals surface area (Å²) < 4.78 is 11.0. The summed E-state index contributed by atoms with van der Waals surface area (Å²) in [5, 5.41) is 75.1. The second-order valence-electron chi connectivity index (χ2n) is 18.2. The molecule has 9 atom stereocenters. The molecule has 11 heteroatoms. The number of allylic oxidation sites excluding steroid dienone is 2. The summed E-state index contributed by atoms with van der Waals surface area (Å²) in [7, 11) is 0. The fourth-order valence-electron chi connectivity index (χ4n) is 8.32. The number of carbonyl (C=O) groups is 1. The van der Waals surface area contributed by atoms with Crippen molar-refractivity contribution in [1.29, 1.82) is 0 Å². The van der Waals surface area contributed by atoms with Crippen LogP contribution in [0.3, 0.4) is 0 Å². The van der Waals surface area contributed by atoms with Gasteiger partial charge < -0.3 is 50.5 Å². The van der Waals surface area contributed by atoms with Crippen LogP contribution in [0.25, 0.3) is 0 Å². The van der Waals surface area contributed by atoms with Gasteiger partial charge in [0.05, 0.1) is 25.4 Å². The molecule has 1 saturated heterocycles. The third-order valence-electron chi connectivity index (χ3n) is 12.6. The van der Waals surface area contributed by atoms with Crippen LogP contribution in [0.1, 0.15) is 232 Å². The predicted octanol–water partition coefficient (Wildman–Crippen LogP) is 9.23. The summed E-state index contributed by atoms with van der Waals surface area (Å²) in [6.45, 7) is 3.34. The largest absolute Gasteiger partial charge is 0.394 e. The lowest BCUT2D eigenvalue weighted by Crippen LogP contribution is -2.60. The Bertz CT molecular complexity index is 1000. The molecule has 11 nitrogen and oxygen atoms in total. The maximum absolute atomic E-state index is 13.0. The zero-order valence-electron chi connectivity index (χ0n) is 39.2. The first-order valence-corrected chi connectivity index (χ1v) is 25.6. The van der Waals surface area contributed by atoms with Crippen molar-refractivity contribution < 1.29 is 50.0 Å². The Morgan fingerprint density at radius 2 is 0.951 bits per heavy atom. The van der Waals surface area contributed by atoms with Crippen LogP contribution in [0.15, 0.2) is 12.2 Å². The highest BCUT2D eigenvalue weighted by molar-refractivity contribution is 5.80. The Labute approximate surface area is 372 Å². The molecule has 8 N–H and O–H groups in total. The Kier molecular flexibility index (Phi) is 38.3. The summed E-state index contributed by atoms with van der Waals surface area (Å²) in [6.07, 6.45) is 33.5. The van der Waals surface area contributed by atoms with Crippen LogP contribution in [0.4, 0.5) is 0 Å². The molecule has 1 aliphatic heterocycles. The number of unbranched alkanes of at least 4 members (excludes halogenated alkanes) is 29. The molecule has 1 rings (SSSR count). The van der Waals surface area contributed by atoms with Crippen molar-refractivity contribution in [3.63, 3.8) is 0 Å². The first kappa shape index (κ1) is 57.9. The van der Waals surface area contributed by atoms with Gasteiger partial charge in [-0.05, 0) is 38.5 Å². The summed E-state index contributed by atoms with van der Waals surface area (Å²) in [5.74, 6) is -0.700. The predicted molar refractivity (Wildman–Crippen MR) is 247 cm³/mol. The molecule has 0 aromatic carbocycles. The molecule has 61 heavy (non-hydrogen) atoms. The van der Waals surface area contributed by atoms with Crippen LogP contribution in [-0.4, -0.2) is 110 Å². The van der Waals surface area contributed by atoms with Crippen molar-refractivity contribution >= 4 is 5.91 Å². The minimum atomic E-state index is -1.66. The molecule has 0 bridgehead atoms. The Hall–Kier alpha value is -1.15. The fraction of sp³-hybridized carbons (Fsp3) is 0.940. The van der Waals surface area contributed by atoms with Crippen molar-refractivity contribution in [1.82, 2.24) is 5.32 Å². The smallest absolute Gasteiger partial charge is 0.249 e. The average molecular weight is 872 g/mol. The van der Waals surface area contributed by atoms with Crippen LogP contribution in [-0.2, 0) is 14.3 Å². The maximum atomic E-state index is 13.0. The number of aliphatic hydroxyl groups is 7. The maximum Gasteiger partial charge on any atom is 0.249 e. The Morgan fingerprint density at radius 3 is 1.38 bits per heavy atom. The molecule has 1 aliphatic rings. The lowest BCUT2D eigenvalue weighted by molar-refractivity contribution is -0.303. The van der Waals surface area contributed by atoms with Gasteiger partial charge >= 0.3 is 0 Å². The van der Waals surface area contributed by atoms with Gasteiger partial charge in [-0.3, -0.25) is 4.79 Å². The molecule has 0 aromatic rings. The number of ether oxygens (including phenoxy) is 2. The minimum absolute atomic E-state index is 0.262. The normalized spacial score (nSPS) is 21.5. The number of hydrogen-bond donors (Lipinski definition) is 8. The Balaban J connectivity index is 2.14. The van der Waals surface area contributed by atoms with Gasteiger partial charge in [0, 0.05) is 0 Å². The van der Waals surface area contributed by atoms with Crippen LogP contribution in [0, 0.1) is 0 Å². The van der Waals surface area contributed by atoms with Crippen LogP contribution in [0.5, 0.6) is 0 Å². The fourth-order valence-corrected chi connectivity index (χ4v) is 8.32. The summed E-state index contributed by atoms with van der Waals surface area (Å²) in [5.41, 5.74) is 0. The Morgan fingerprint density at radius 1 is 0.557 bits per heavy atom. The van der Waals surface area contributed by atoms with Crippen molar-refractivity contribution in [2.24, 2.45) is 0 Å². The molecule has 1 heterocycles. The zero-order chi connectivity index (χ0) is 44.8. The van der Waals surface area contributed by atoms with Gasteiger partial charge in [0.15, 0.2) is 6.29 Å². The van der Waals surface area contributed by atoms with Crippen molar-refractivity contribution in [2.45, 2.75) is 287 Å². The number of rotatable bonds is 43. The van der Waals surface area contributed by atoms with E-state index in [1.54, 1.807) is 0 Å². The highest BCUT2D eigenvalue weighted by Crippen LogP contribution is 2.23. The van der Waals surface area contributed by atoms with E-state index in [2.05, 4.69) is 31.3 Å². The van der Waals surface area contributed by atoms with Gasteiger partial charge in [0.25, 0.3) is 0 Å². The third-order valence-corrected chi connectivity index (χ3v) is 12.6. The quantitative estimate of drug-likeness (QED) is 0.0217. The first-order chi connectivity index (χ1) is 29.7. The van der Waals surface area contributed by atoms with Crippen molar-refractivity contribution in [3.05, 3.63) is 12.2 Å². The number of nitrogens with one attached hydrogen (secondary N) is 1. The third kappa shape index (κ3) is 29.8. The standard InChI is InChI=1S/C50H97NO10/c1-3-5-7-9-10-11-12-13-14-15-16-17-18-19-20-21-22-23-24-25-26-27-28-29-30-31-32-34-36-38-43(54)49(59)51-41(45(55)42(53)37-35-33-8-6-4-2)40-60-50-48(58)47(57)46(56)44(39-52)61-50/h19-20,41-48,50,52-58H,3-18,21-40H2,1-2H3,(H,51,59)/b20-19-. The number of aliphatic hydroxyl groups excluding tert-OH is 7. The molecule has 0 radical (unpaired) electrons. The summed E-state index contributed by atoms with van der Waals surface area (Å²) in [6, 6.07) is -1.16.